The molecule has 7 rings (SSSR count). The maximum Gasteiger partial charge on any atom is 0.161 e. The molecule has 0 aliphatic heterocycles. The Morgan fingerprint density at radius 3 is 0.816 bits per heavy atom. The first-order valence-corrected chi connectivity index (χ1v) is 28.6. The Labute approximate surface area is 614 Å². The zero-order valence-electron chi connectivity index (χ0n) is 54.2. The van der Waals surface area contributed by atoms with Crippen molar-refractivity contribution in [3.05, 3.63) is 213 Å². The number of phenolic OH excluding ortho intramolecular Hbond substituents is 2. The van der Waals surface area contributed by atoms with Crippen LogP contribution in [0.4, 0.5) is 0 Å². The quantitative estimate of drug-likeness (QED) is 0.111. The number of ether oxygens (including phenoxy) is 6. The lowest BCUT2D eigenvalue weighted by molar-refractivity contribution is 0.182. The molecule has 0 bridgehead atoms. The number of hydrogen-bond donors (Lipinski definition) is 2. The maximum atomic E-state index is 9.38. The van der Waals surface area contributed by atoms with Gasteiger partial charge in [0.15, 0.2) is 23.0 Å². The van der Waals surface area contributed by atoms with Gasteiger partial charge in [-0.15, -0.1) is 0 Å². The van der Waals surface area contributed by atoms with E-state index in [1.54, 1.807) is 40.6 Å². The third-order valence-electron chi connectivity index (χ3n) is 13.7. The lowest BCUT2D eigenvalue weighted by Crippen LogP contribution is -2.21. The third-order valence-corrected chi connectivity index (χ3v) is 13.7. The summed E-state index contributed by atoms with van der Waals surface area (Å²) in [5, 5.41) is 18.4. The standard InChI is InChI=1S/C24H26.2C14H22O3.C12H18O.C10H14O.16CH4/c1-23(2,19-11-7-5-8-12-19)21-15-17-22(18-16-21)24(3,4)20-13-9-6-10-14-20;2*1-14(2,3)10-17-12-7-6-11(9-15-4)8-13(12)16-5;1-8-6-10(13)7-9(2)11(8)12(3,4)5;1-10(2,3)8-4-6-9(11)7-5-8;;;;;;;;;;;;;;;;/h5-18H,1-4H3;2*6-8H,9-10H2,1-5H3;6-7,13H,1-5H3;4-7,11H,1-3H3;16*1H4. The van der Waals surface area contributed by atoms with Crippen LogP contribution in [0.15, 0.2) is 158 Å². The Balaban J connectivity index is -0.0000000735. The molecule has 0 atom stereocenters. The molecule has 0 radical (unpaired) electrons. The summed E-state index contributed by atoms with van der Waals surface area (Å²) in [4.78, 5) is 0. The minimum Gasteiger partial charge on any atom is -0.508 e. The van der Waals surface area contributed by atoms with Gasteiger partial charge in [-0.2, -0.15) is 0 Å². The molecule has 0 fully saturated rings. The molecule has 0 aromatic heterocycles. The van der Waals surface area contributed by atoms with Gasteiger partial charge in [-0.3, -0.25) is 0 Å². The fourth-order valence-corrected chi connectivity index (χ4v) is 9.20. The summed E-state index contributed by atoms with van der Waals surface area (Å²) in [6.07, 6.45) is 0. The second-order valence-corrected chi connectivity index (χ2v) is 26.6. The van der Waals surface area contributed by atoms with Crippen molar-refractivity contribution in [1.29, 1.82) is 0 Å². The Hall–Kier alpha value is -6.74. The van der Waals surface area contributed by atoms with E-state index in [2.05, 4.69) is 196 Å². The van der Waals surface area contributed by atoms with Crippen LogP contribution in [0.25, 0.3) is 0 Å². The predicted octanol–water partition coefficient (Wildman–Crippen LogP) is 29.0. The van der Waals surface area contributed by atoms with E-state index in [0.29, 0.717) is 37.9 Å². The molecule has 7 aromatic rings. The van der Waals surface area contributed by atoms with Crippen LogP contribution in [0.3, 0.4) is 0 Å². The molecule has 8 heteroatoms. The number of hydrogen-bond acceptors (Lipinski definition) is 8. The zero-order valence-corrected chi connectivity index (χ0v) is 54.2. The van der Waals surface area contributed by atoms with Gasteiger partial charge in [-0.25, -0.2) is 0 Å². The zero-order chi connectivity index (χ0) is 61.7. The molecule has 0 aliphatic carbocycles. The molecule has 0 saturated carbocycles. The maximum absolute atomic E-state index is 9.38. The van der Waals surface area contributed by atoms with Crippen molar-refractivity contribution in [2.24, 2.45) is 10.8 Å². The summed E-state index contributed by atoms with van der Waals surface area (Å²) in [6, 6.07) is 53.3. The van der Waals surface area contributed by atoms with E-state index in [4.69, 9.17) is 33.5 Å². The molecule has 574 valence electrons. The van der Waals surface area contributed by atoms with Crippen molar-refractivity contribution in [1.82, 2.24) is 0 Å². The van der Waals surface area contributed by atoms with Crippen molar-refractivity contribution >= 4 is 0 Å². The van der Waals surface area contributed by atoms with Crippen LogP contribution in [0.1, 0.15) is 285 Å². The first-order valence-electron chi connectivity index (χ1n) is 28.6. The van der Waals surface area contributed by atoms with Crippen molar-refractivity contribution in [2.75, 3.05) is 41.7 Å². The highest BCUT2D eigenvalue weighted by molar-refractivity contribution is 5.46. The molecule has 0 amide bonds. The summed E-state index contributed by atoms with van der Waals surface area (Å²) in [5.74, 6) is 3.76. The van der Waals surface area contributed by atoms with Gasteiger partial charge in [0.1, 0.15) is 11.5 Å². The minimum atomic E-state index is 0. The van der Waals surface area contributed by atoms with Gasteiger partial charge in [0.05, 0.1) is 40.6 Å². The highest BCUT2D eigenvalue weighted by Gasteiger charge is 2.27. The van der Waals surface area contributed by atoms with Crippen LogP contribution in [-0.4, -0.2) is 51.9 Å². The lowest BCUT2D eigenvalue weighted by atomic mass is 9.75. The summed E-state index contributed by atoms with van der Waals surface area (Å²) in [7, 11) is 6.65. The molecule has 0 saturated heterocycles. The number of aryl methyl sites for hydroxylation is 2. The van der Waals surface area contributed by atoms with Gasteiger partial charge in [0, 0.05) is 25.0 Å². The van der Waals surface area contributed by atoms with Crippen LogP contribution in [-0.2, 0) is 44.3 Å². The topological polar surface area (TPSA) is 95.8 Å². The van der Waals surface area contributed by atoms with Crippen LogP contribution < -0.4 is 18.9 Å². The van der Waals surface area contributed by atoms with Crippen LogP contribution in [0.5, 0.6) is 34.5 Å². The number of benzene rings is 7. The highest BCUT2D eigenvalue weighted by atomic mass is 16.5. The monoisotopic (exact) mass is 1380 g/mol. The fraction of sp³-hybridized carbons (Fsp3) is 0.533. The number of methoxy groups -OCH3 is 4. The summed E-state index contributed by atoms with van der Waals surface area (Å²) in [5.41, 5.74) is 13.1. The minimum absolute atomic E-state index is 0. The summed E-state index contributed by atoms with van der Waals surface area (Å²) >= 11 is 0. The van der Waals surface area contributed by atoms with Gasteiger partial charge >= 0.3 is 0 Å². The smallest absolute Gasteiger partial charge is 0.161 e. The SMILES string of the molecule is C.C.C.C.C.C.C.C.C.C.C.C.C.C.C.C.CC(C)(C)c1ccc(O)cc1.CC(C)(c1ccccc1)c1ccc(C(C)(C)c2ccccc2)cc1.COCc1ccc(OCC(C)(C)C)c(OC)c1.COCc1ccc(OCC(C)(C)C)c(OC)c1.Cc1cc(O)cc(C)c1C(C)(C)C. The number of rotatable bonds is 14. The van der Waals surface area contributed by atoms with E-state index in [1.165, 1.54) is 44.5 Å². The van der Waals surface area contributed by atoms with Crippen molar-refractivity contribution in [2.45, 2.75) is 278 Å². The van der Waals surface area contributed by atoms with Gasteiger partial charge in [0.25, 0.3) is 0 Å². The van der Waals surface area contributed by atoms with Crippen LogP contribution in [0.2, 0.25) is 0 Å². The summed E-state index contributed by atoms with van der Waals surface area (Å²) in [6.45, 7) is 41.6. The van der Waals surface area contributed by atoms with Crippen molar-refractivity contribution < 1.29 is 38.6 Å². The Kier molecular flexibility index (Phi) is 71.3. The van der Waals surface area contributed by atoms with E-state index in [0.717, 1.165) is 34.1 Å². The van der Waals surface area contributed by atoms with E-state index >= 15 is 0 Å². The largest absolute Gasteiger partial charge is 0.508 e. The lowest BCUT2D eigenvalue weighted by Gasteiger charge is -2.29. The van der Waals surface area contributed by atoms with Gasteiger partial charge < -0.3 is 38.6 Å². The molecule has 0 heterocycles. The third kappa shape index (κ3) is 41.6. The molecule has 2 N–H and O–H groups in total. The van der Waals surface area contributed by atoms with Crippen molar-refractivity contribution in [3.8, 4) is 34.5 Å². The second-order valence-electron chi connectivity index (χ2n) is 26.6. The molecule has 0 unspecified atom stereocenters. The predicted molar refractivity (Wildman–Crippen MR) is 452 cm³/mol. The van der Waals surface area contributed by atoms with E-state index < -0.39 is 0 Å². The van der Waals surface area contributed by atoms with Crippen LogP contribution >= 0.6 is 0 Å². The Morgan fingerprint density at radius 2 is 0.571 bits per heavy atom. The number of phenols is 2. The first kappa shape index (κ1) is 125. The van der Waals surface area contributed by atoms with Gasteiger partial charge in [-0.1, -0.05) is 339 Å². The fourth-order valence-electron chi connectivity index (χ4n) is 9.20. The second kappa shape index (κ2) is 56.1. The highest BCUT2D eigenvalue weighted by Crippen LogP contribution is 2.37. The summed E-state index contributed by atoms with van der Waals surface area (Å²) < 4.78 is 32.3. The van der Waals surface area contributed by atoms with Gasteiger partial charge in [0.2, 0.25) is 0 Å². The van der Waals surface area contributed by atoms with E-state index in [-0.39, 0.29) is 151 Å². The molecule has 0 aliphatic rings. The Bertz CT molecular complexity index is 2780. The van der Waals surface area contributed by atoms with E-state index in [9.17, 15) is 5.11 Å². The average Bonchev–Trinajstić information content (AvgIpc) is 0.807. The molecule has 7 aromatic carbocycles. The molecular weight excluding hydrogens is 1210 g/mol. The van der Waals surface area contributed by atoms with E-state index in [1.807, 2.05) is 74.5 Å². The molecule has 98 heavy (non-hydrogen) atoms. The average molecular weight is 1380 g/mol. The molecule has 8 nitrogen and oxygen atoms in total. The van der Waals surface area contributed by atoms with Gasteiger partial charge in [-0.05, 0) is 140 Å². The molecule has 0 spiro atoms. The van der Waals surface area contributed by atoms with Crippen LogP contribution in [0, 0.1) is 24.7 Å². The Morgan fingerprint density at radius 1 is 0.296 bits per heavy atom. The normalized spacial score (nSPS) is 9.78. The van der Waals surface area contributed by atoms with Crippen molar-refractivity contribution in [3.63, 3.8) is 0 Å². The molecular formula is C90H166O8. The first-order chi connectivity index (χ1) is 38.2. The number of aromatic hydroxyl groups is 2.